The van der Waals surface area contributed by atoms with Crippen LogP contribution in [0.15, 0.2) is 18.2 Å². The largest absolute Gasteiger partial charge is 0.383 e. The predicted octanol–water partition coefficient (Wildman–Crippen LogP) is 2.07. The number of nitrogens with one attached hydrogen (secondary N) is 1. The first-order chi connectivity index (χ1) is 7.56. The third-order valence-corrected chi connectivity index (χ3v) is 2.64. The Morgan fingerprint density at radius 2 is 2.12 bits per heavy atom. The summed E-state index contributed by atoms with van der Waals surface area (Å²) in [6.45, 7) is 6.42. The number of amides is 1. The summed E-state index contributed by atoms with van der Waals surface area (Å²) in [6, 6.07) is 5.78. The second-order valence-electron chi connectivity index (χ2n) is 4.08. The predicted molar refractivity (Wildman–Crippen MR) is 64.7 cm³/mol. The standard InChI is InChI=1S/C13H19NO2/c1-9-6-5-7-12(11(9)3)13(15)14-10(2)8-16-4/h5-7,10H,8H2,1-4H3,(H,14,15). The molecule has 0 saturated carbocycles. The van der Waals surface area contributed by atoms with E-state index in [1.807, 2.05) is 39.0 Å². The lowest BCUT2D eigenvalue weighted by Crippen LogP contribution is -2.36. The van der Waals surface area contributed by atoms with Crippen molar-refractivity contribution in [2.24, 2.45) is 0 Å². The summed E-state index contributed by atoms with van der Waals surface area (Å²) in [5.74, 6) is -0.0363. The van der Waals surface area contributed by atoms with E-state index < -0.39 is 0 Å². The van der Waals surface area contributed by atoms with Crippen LogP contribution in [0.2, 0.25) is 0 Å². The summed E-state index contributed by atoms with van der Waals surface area (Å²) in [5.41, 5.74) is 2.90. The number of hydrogen-bond acceptors (Lipinski definition) is 2. The average Bonchev–Trinajstić information content (AvgIpc) is 2.22. The Morgan fingerprint density at radius 1 is 1.44 bits per heavy atom. The molecule has 16 heavy (non-hydrogen) atoms. The second-order valence-corrected chi connectivity index (χ2v) is 4.08. The normalized spacial score (nSPS) is 12.2. The molecule has 0 spiro atoms. The van der Waals surface area contributed by atoms with Crippen LogP contribution in [0.5, 0.6) is 0 Å². The first-order valence-electron chi connectivity index (χ1n) is 5.42. The van der Waals surface area contributed by atoms with Crippen molar-refractivity contribution in [2.45, 2.75) is 26.8 Å². The lowest BCUT2D eigenvalue weighted by atomic mass is 10.0. The molecule has 1 rings (SSSR count). The molecule has 0 heterocycles. The zero-order valence-corrected chi connectivity index (χ0v) is 10.3. The van der Waals surface area contributed by atoms with Crippen LogP contribution in [0.3, 0.4) is 0 Å². The zero-order valence-electron chi connectivity index (χ0n) is 10.3. The topological polar surface area (TPSA) is 38.3 Å². The van der Waals surface area contributed by atoms with E-state index in [2.05, 4.69) is 5.32 Å². The second kappa shape index (κ2) is 5.66. The lowest BCUT2D eigenvalue weighted by molar-refractivity contribution is 0.0905. The van der Waals surface area contributed by atoms with Crippen molar-refractivity contribution in [3.05, 3.63) is 34.9 Å². The van der Waals surface area contributed by atoms with Gasteiger partial charge in [-0.05, 0) is 38.0 Å². The molecule has 1 amide bonds. The Labute approximate surface area is 96.8 Å². The Hall–Kier alpha value is -1.35. The van der Waals surface area contributed by atoms with E-state index in [1.165, 1.54) is 0 Å². The highest BCUT2D eigenvalue weighted by atomic mass is 16.5. The molecule has 0 fully saturated rings. The third-order valence-electron chi connectivity index (χ3n) is 2.64. The highest BCUT2D eigenvalue weighted by molar-refractivity contribution is 5.96. The van der Waals surface area contributed by atoms with Gasteiger partial charge in [0.1, 0.15) is 0 Å². The van der Waals surface area contributed by atoms with Crippen molar-refractivity contribution in [1.29, 1.82) is 0 Å². The molecule has 0 aliphatic heterocycles. The molecule has 0 radical (unpaired) electrons. The van der Waals surface area contributed by atoms with Gasteiger partial charge < -0.3 is 10.1 Å². The van der Waals surface area contributed by atoms with Crippen LogP contribution in [0.4, 0.5) is 0 Å². The highest BCUT2D eigenvalue weighted by Crippen LogP contribution is 2.12. The van der Waals surface area contributed by atoms with Crippen LogP contribution in [-0.4, -0.2) is 25.7 Å². The van der Waals surface area contributed by atoms with Gasteiger partial charge in [-0.2, -0.15) is 0 Å². The molecule has 88 valence electrons. The average molecular weight is 221 g/mol. The summed E-state index contributed by atoms with van der Waals surface area (Å²) in [6.07, 6.45) is 0. The van der Waals surface area contributed by atoms with Crippen LogP contribution < -0.4 is 5.32 Å². The van der Waals surface area contributed by atoms with Gasteiger partial charge in [0, 0.05) is 18.7 Å². The number of ether oxygens (including phenoxy) is 1. The number of benzene rings is 1. The van der Waals surface area contributed by atoms with Gasteiger partial charge in [0.05, 0.1) is 6.61 Å². The first kappa shape index (κ1) is 12.7. The van der Waals surface area contributed by atoms with E-state index in [0.29, 0.717) is 6.61 Å². The quantitative estimate of drug-likeness (QED) is 0.845. The minimum Gasteiger partial charge on any atom is -0.383 e. The zero-order chi connectivity index (χ0) is 12.1. The molecule has 1 N–H and O–H groups in total. The molecule has 0 saturated heterocycles. The van der Waals surface area contributed by atoms with E-state index >= 15 is 0 Å². The van der Waals surface area contributed by atoms with E-state index in [-0.39, 0.29) is 11.9 Å². The van der Waals surface area contributed by atoms with E-state index in [4.69, 9.17) is 4.74 Å². The summed E-state index contributed by atoms with van der Waals surface area (Å²) in [4.78, 5) is 11.9. The minimum atomic E-state index is -0.0363. The van der Waals surface area contributed by atoms with Crippen molar-refractivity contribution < 1.29 is 9.53 Å². The number of methoxy groups -OCH3 is 1. The Balaban J connectivity index is 2.77. The van der Waals surface area contributed by atoms with Gasteiger partial charge in [0.15, 0.2) is 0 Å². The number of carbonyl (C=O) groups is 1. The highest BCUT2D eigenvalue weighted by Gasteiger charge is 2.12. The number of aryl methyl sites for hydroxylation is 1. The van der Waals surface area contributed by atoms with Crippen molar-refractivity contribution in [1.82, 2.24) is 5.32 Å². The van der Waals surface area contributed by atoms with E-state index in [9.17, 15) is 4.79 Å². The van der Waals surface area contributed by atoms with Crippen molar-refractivity contribution in [3.8, 4) is 0 Å². The van der Waals surface area contributed by atoms with Crippen LogP contribution in [0.25, 0.3) is 0 Å². The molecule has 1 aromatic rings. The number of hydrogen-bond donors (Lipinski definition) is 1. The van der Waals surface area contributed by atoms with E-state index in [0.717, 1.165) is 16.7 Å². The molecule has 1 aromatic carbocycles. The van der Waals surface area contributed by atoms with Crippen LogP contribution in [-0.2, 0) is 4.74 Å². The fourth-order valence-electron chi connectivity index (χ4n) is 1.59. The smallest absolute Gasteiger partial charge is 0.251 e. The minimum absolute atomic E-state index is 0.0254. The summed E-state index contributed by atoms with van der Waals surface area (Å²) < 4.78 is 4.98. The fourth-order valence-corrected chi connectivity index (χ4v) is 1.59. The fraction of sp³-hybridized carbons (Fsp3) is 0.462. The van der Waals surface area contributed by atoms with Crippen molar-refractivity contribution in [2.75, 3.05) is 13.7 Å². The molecule has 0 aliphatic carbocycles. The molecule has 1 atom stereocenters. The molecule has 3 nitrogen and oxygen atoms in total. The maximum absolute atomic E-state index is 11.9. The summed E-state index contributed by atoms with van der Waals surface area (Å²) in [5, 5.41) is 2.90. The molecule has 0 bridgehead atoms. The molecule has 3 heteroatoms. The number of carbonyl (C=O) groups excluding carboxylic acids is 1. The SMILES string of the molecule is COCC(C)NC(=O)c1cccc(C)c1C. The first-order valence-corrected chi connectivity index (χ1v) is 5.42. The maximum atomic E-state index is 11.9. The Morgan fingerprint density at radius 3 is 2.75 bits per heavy atom. The Kier molecular flexibility index (Phi) is 4.50. The Bertz CT molecular complexity index is 374. The van der Waals surface area contributed by atoms with Gasteiger partial charge in [-0.15, -0.1) is 0 Å². The van der Waals surface area contributed by atoms with Gasteiger partial charge in [-0.3, -0.25) is 4.79 Å². The molecule has 0 aromatic heterocycles. The monoisotopic (exact) mass is 221 g/mol. The lowest BCUT2D eigenvalue weighted by Gasteiger charge is -2.14. The molecular formula is C13H19NO2. The van der Waals surface area contributed by atoms with Gasteiger partial charge in [-0.25, -0.2) is 0 Å². The van der Waals surface area contributed by atoms with Gasteiger partial charge in [0.25, 0.3) is 5.91 Å². The maximum Gasteiger partial charge on any atom is 0.251 e. The van der Waals surface area contributed by atoms with Gasteiger partial charge >= 0.3 is 0 Å². The third kappa shape index (κ3) is 3.07. The van der Waals surface area contributed by atoms with Crippen LogP contribution in [0, 0.1) is 13.8 Å². The molecule has 0 aliphatic rings. The molecule has 1 unspecified atom stereocenters. The summed E-state index contributed by atoms with van der Waals surface area (Å²) in [7, 11) is 1.63. The van der Waals surface area contributed by atoms with Gasteiger partial charge in [0.2, 0.25) is 0 Å². The van der Waals surface area contributed by atoms with Crippen molar-refractivity contribution in [3.63, 3.8) is 0 Å². The number of rotatable bonds is 4. The van der Waals surface area contributed by atoms with E-state index in [1.54, 1.807) is 7.11 Å². The summed E-state index contributed by atoms with van der Waals surface area (Å²) >= 11 is 0. The van der Waals surface area contributed by atoms with Crippen LogP contribution in [0.1, 0.15) is 28.4 Å². The van der Waals surface area contributed by atoms with Crippen LogP contribution >= 0.6 is 0 Å². The van der Waals surface area contributed by atoms with Gasteiger partial charge in [-0.1, -0.05) is 12.1 Å². The molecular weight excluding hydrogens is 202 g/mol. The van der Waals surface area contributed by atoms with Crippen molar-refractivity contribution >= 4 is 5.91 Å².